The number of pyridine rings is 1. The number of rotatable bonds is 4. The van der Waals surface area contributed by atoms with Crippen LogP contribution in [0, 0.1) is 0 Å². The topological polar surface area (TPSA) is 95.1 Å². The van der Waals surface area contributed by atoms with Crippen LogP contribution in [0.15, 0.2) is 36.5 Å². The van der Waals surface area contributed by atoms with Gasteiger partial charge in [-0.1, -0.05) is 18.2 Å². The molecule has 0 fully saturated rings. The Kier molecular flexibility index (Phi) is 4.16. The molecule has 1 aromatic carbocycles. The number of benzene rings is 1. The fraction of sp³-hybridized carbons (Fsp3) is 0.250. The number of para-hydroxylation sites is 1. The van der Waals surface area contributed by atoms with E-state index in [4.69, 9.17) is 0 Å². The molecule has 0 radical (unpaired) electrons. The van der Waals surface area contributed by atoms with E-state index in [1.165, 1.54) is 17.5 Å². The molecular formula is C20H19N3O3. The summed E-state index contributed by atoms with van der Waals surface area (Å²) in [7, 11) is 0. The molecule has 0 saturated heterocycles. The van der Waals surface area contributed by atoms with Crippen LogP contribution in [0.4, 0.5) is 5.82 Å². The summed E-state index contributed by atoms with van der Waals surface area (Å²) < 4.78 is 0. The van der Waals surface area contributed by atoms with Crippen LogP contribution < -0.4 is 5.32 Å². The van der Waals surface area contributed by atoms with Crippen molar-refractivity contribution in [1.29, 1.82) is 0 Å². The Bertz CT molecular complexity index is 1010. The molecule has 3 aromatic rings. The van der Waals surface area contributed by atoms with E-state index < -0.39 is 5.97 Å². The van der Waals surface area contributed by atoms with Gasteiger partial charge in [0.2, 0.25) is 0 Å². The summed E-state index contributed by atoms with van der Waals surface area (Å²) in [6.07, 6.45) is 5.96. The Morgan fingerprint density at radius 1 is 1.15 bits per heavy atom. The number of hydrogen-bond acceptors (Lipinski definition) is 3. The lowest BCUT2D eigenvalue weighted by molar-refractivity contribution is -0.136. The first-order valence-corrected chi connectivity index (χ1v) is 8.72. The minimum Gasteiger partial charge on any atom is -0.481 e. The number of carboxylic acid groups (broad SMARTS) is 1. The molecule has 1 amide bonds. The number of aryl methyl sites for hydroxylation is 2. The van der Waals surface area contributed by atoms with E-state index in [-0.39, 0.29) is 18.0 Å². The van der Waals surface area contributed by atoms with Crippen LogP contribution in [-0.2, 0) is 24.1 Å². The van der Waals surface area contributed by atoms with Crippen LogP contribution in [0.3, 0.4) is 0 Å². The van der Waals surface area contributed by atoms with Gasteiger partial charge in [0, 0.05) is 22.7 Å². The van der Waals surface area contributed by atoms with Gasteiger partial charge in [0.25, 0.3) is 5.91 Å². The van der Waals surface area contributed by atoms with Crippen molar-refractivity contribution in [2.45, 2.75) is 32.1 Å². The van der Waals surface area contributed by atoms with Crippen LogP contribution in [0.5, 0.6) is 0 Å². The molecule has 26 heavy (non-hydrogen) atoms. The molecule has 3 N–H and O–H groups in total. The highest BCUT2D eigenvalue weighted by molar-refractivity contribution is 6.08. The van der Waals surface area contributed by atoms with Crippen molar-refractivity contribution in [1.82, 2.24) is 9.97 Å². The quantitative estimate of drug-likeness (QED) is 0.673. The van der Waals surface area contributed by atoms with Crippen molar-refractivity contribution >= 4 is 28.6 Å². The molecule has 0 spiro atoms. The first-order chi connectivity index (χ1) is 12.6. The number of carbonyl (C=O) groups is 2. The normalized spacial score (nSPS) is 13.4. The number of hydrogen-bond donors (Lipinski definition) is 3. The van der Waals surface area contributed by atoms with Gasteiger partial charge in [-0.15, -0.1) is 0 Å². The molecule has 2 aromatic heterocycles. The minimum atomic E-state index is -0.976. The lowest BCUT2D eigenvalue weighted by Crippen LogP contribution is -2.17. The monoisotopic (exact) mass is 349 g/mol. The van der Waals surface area contributed by atoms with E-state index in [0.717, 1.165) is 30.2 Å². The maximum absolute atomic E-state index is 12.8. The zero-order valence-corrected chi connectivity index (χ0v) is 14.2. The van der Waals surface area contributed by atoms with Gasteiger partial charge in [-0.3, -0.25) is 9.59 Å². The summed E-state index contributed by atoms with van der Waals surface area (Å²) in [6, 6.07) is 9.24. The number of nitrogens with zero attached hydrogens (tertiary/aromatic N) is 1. The number of aromatic amines is 1. The van der Waals surface area contributed by atoms with Crippen molar-refractivity contribution in [2.24, 2.45) is 0 Å². The number of carboxylic acids is 1. The molecule has 4 rings (SSSR count). The molecule has 1 aliphatic rings. The Hall–Kier alpha value is -3.15. The summed E-state index contributed by atoms with van der Waals surface area (Å²) >= 11 is 0. The molecule has 0 bridgehead atoms. The fourth-order valence-electron chi connectivity index (χ4n) is 3.59. The minimum absolute atomic E-state index is 0.218. The van der Waals surface area contributed by atoms with Gasteiger partial charge in [-0.25, -0.2) is 4.98 Å². The van der Waals surface area contributed by atoms with Crippen LogP contribution in [-0.4, -0.2) is 27.0 Å². The lowest BCUT2D eigenvalue weighted by atomic mass is 9.93. The fourth-order valence-corrected chi connectivity index (χ4v) is 3.59. The number of fused-ring (bicyclic) bond motifs is 2. The van der Waals surface area contributed by atoms with Crippen molar-refractivity contribution in [3.63, 3.8) is 0 Å². The summed E-state index contributed by atoms with van der Waals surface area (Å²) in [5.74, 6) is -0.855. The lowest BCUT2D eigenvalue weighted by Gasteiger charge is -2.16. The van der Waals surface area contributed by atoms with E-state index in [9.17, 15) is 14.7 Å². The molecule has 2 heterocycles. The number of H-pyrrole nitrogens is 1. The molecule has 0 atom stereocenters. The predicted molar refractivity (Wildman–Crippen MR) is 98.5 cm³/mol. The first kappa shape index (κ1) is 16.3. The highest BCUT2D eigenvalue weighted by Crippen LogP contribution is 2.25. The number of carbonyl (C=O) groups excluding carboxylic acids is 1. The van der Waals surface area contributed by atoms with Crippen LogP contribution in [0.1, 0.15) is 40.0 Å². The molecule has 1 aliphatic carbocycles. The van der Waals surface area contributed by atoms with Gasteiger partial charge >= 0.3 is 5.97 Å². The van der Waals surface area contributed by atoms with E-state index in [1.54, 1.807) is 0 Å². The first-order valence-electron chi connectivity index (χ1n) is 8.72. The van der Waals surface area contributed by atoms with Gasteiger partial charge in [-0.2, -0.15) is 0 Å². The van der Waals surface area contributed by atoms with Crippen LogP contribution in [0.2, 0.25) is 0 Å². The third kappa shape index (κ3) is 3.06. The zero-order valence-electron chi connectivity index (χ0n) is 14.2. The van der Waals surface area contributed by atoms with E-state index in [0.29, 0.717) is 11.4 Å². The molecular weight excluding hydrogens is 330 g/mol. The molecule has 132 valence electrons. The second-order valence-corrected chi connectivity index (χ2v) is 6.59. The zero-order chi connectivity index (χ0) is 18.1. The molecule has 6 heteroatoms. The van der Waals surface area contributed by atoms with E-state index >= 15 is 0 Å². The molecule has 0 unspecified atom stereocenters. The smallest absolute Gasteiger partial charge is 0.307 e. The van der Waals surface area contributed by atoms with Crippen molar-refractivity contribution in [3.8, 4) is 0 Å². The Morgan fingerprint density at radius 3 is 2.73 bits per heavy atom. The van der Waals surface area contributed by atoms with Crippen LogP contribution in [0.25, 0.3) is 10.9 Å². The highest BCUT2D eigenvalue weighted by Gasteiger charge is 2.20. The average molecular weight is 349 g/mol. The SMILES string of the molecule is O=C(O)Cc1c(C(=O)Nc2cc3c(cn2)CCCC3)[nH]c2ccccc12. The van der Waals surface area contributed by atoms with E-state index in [1.807, 2.05) is 36.5 Å². The summed E-state index contributed by atoms with van der Waals surface area (Å²) in [5, 5.41) is 12.8. The van der Waals surface area contributed by atoms with Gasteiger partial charge in [0.05, 0.1) is 6.42 Å². The maximum atomic E-state index is 12.8. The van der Waals surface area contributed by atoms with Gasteiger partial charge in [-0.05, 0) is 48.9 Å². The van der Waals surface area contributed by atoms with Crippen molar-refractivity contribution in [3.05, 3.63) is 58.9 Å². The number of aromatic nitrogens is 2. The molecule has 0 aliphatic heterocycles. The largest absolute Gasteiger partial charge is 0.481 e. The number of anilines is 1. The Balaban J connectivity index is 1.67. The number of amides is 1. The summed E-state index contributed by atoms with van der Waals surface area (Å²) in [4.78, 5) is 31.4. The van der Waals surface area contributed by atoms with Crippen molar-refractivity contribution < 1.29 is 14.7 Å². The van der Waals surface area contributed by atoms with Crippen LogP contribution >= 0.6 is 0 Å². The molecule has 6 nitrogen and oxygen atoms in total. The maximum Gasteiger partial charge on any atom is 0.307 e. The standard InChI is InChI=1S/C20H19N3O3/c24-18(25)10-15-14-7-3-4-8-16(14)22-19(15)20(26)23-17-9-12-5-1-2-6-13(12)11-21-17/h3-4,7-9,11,22H,1-2,5-6,10H2,(H,24,25)(H,21,23,26). The number of nitrogens with one attached hydrogen (secondary N) is 2. The third-order valence-electron chi connectivity index (χ3n) is 4.84. The molecule has 0 saturated carbocycles. The summed E-state index contributed by atoms with van der Waals surface area (Å²) in [6.45, 7) is 0. The van der Waals surface area contributed by atoms with Gasteiger partial charge in [0.15, 0.2) is 0 Å². The van der Waals surface area contributed by atoms with Gasteiger partial charge < -0.3 is 15.4 Å². The Labute approximate surface area is 150 Å². The highest BCUT2D eigenvalue weighted by atomic mass is 16.4. The van der Waals surface area contributed by atoms with Crippen molar-refractivity contribution in [2.75, 3.05) is 5.32 Å². The van der Waals surface area contributed by atoms with E-state index in [2.05, 4.69) is 15.3 Å². The van der Waals surface area contributed by atoms with Gasteiger partial charge in [0.1, 0.15) is 11.5 Å². The predicted octanol–water partition coefficient (Wildman–Crippen LogP) is 3.32. The number of aliphatic carboxylic acids is 1. The Morgan fingerprint density at radius 2 is 1.92 bits per heavy atom. The second-order valence-electron chi connectivity index (χ2n) is 6.59. The third-order valence-corrected chi connectivity index (χ3v) is 4.84. The average Bonchev–Trinajstić information content (AvgIpc) is 3.00. The summed E-state index contributed by atoms with van der Waals surface area (Å²) in [5.41, 5.74) is 3.97. The second kappa shape index (κ2) is 6.63.